The van der Waals surface area contributed by atoms with Gasteiger partial charge in [-0.15, -0.1) is 11.3 Å². The average Bonchev–Trinajstić information content (AvgIpc) is 3.04. The van der Waals surface area contributed by atoms with Crippen molar-refractivity contribution in [2.45, 2.75) is 19.4 Å². The van der Waals surface area contributed by atoms with Gasteiger partial charge in [0, 0.05) is 4.88 Å². The van der Waals surface area contributed by atoms with E-state index in [1.165, 1.54) is 4.88 Å². The van der Waals surface area contributed by atoms with Gasteiger partial charge in [0.2, 0.25) is 5.95 Å². The zero-order chi connectivity index (χ0) is 12.4. The van der Waals surface area contributed by atoms with Gasteiger partial charge in [0.25, 0.3) is 0 Å². The maximum atomic E-state index is 4.55. The molecule has 2 heterocycles. The summed E-state index contributed by atoms with van der Waals surface area (Å²) in [4.78, 5) is 9.20. The van der Waals surface area contributed by atoms with Gasteiger partial charge in [0.05, 0.1) is 17.1 Å². The number of aromatic nitrogens is 2. The number of H-pyrrole nitrogens is 1. The summed E-state index contributed by atoms with van der Waals surface area (Å²) in [6.07, 6.45) is 1.04. The number of imidazole rings is 1. The van der Waals surface area contributed by atoms with Crippen molar-refractivity contribution in [2.75, 3.05) is 5.32 Å². The summed E-state index contributed by atoms with van der Waals surface area (Å²) in [5, 5.41) is 5.57. The van der Waals surface area contributed by atoms with E-state index in [4.69, 9.17) is 0 Å². The van der Waals surface area contributed by atoms with Crippen LogP contribution < -0.4 is 5.32 Å². The van der Waals surface area contributed by atoms with Gasteiger partial charge in [-0.3, -0.25) is 0 Å². The van der Waals surface area contributed by atoms with Crippen molar-refractivity contribution in [1.29, 1.82) is 0 Å². The second kappa shape index (κ2) is 4.82. The number of hydrogen-bond donors (Lipinski definition) is 2. The average molecular weight is 257 g/mol. The van der Waals surface area contributed by atoms with Gasteiger partial charge in [-0.05, 0) is 30.0 Å². The summed E-state index contributed by atoms with van der Waals surface area (Å²) in [5.74, 6) is 0.844. The van der Waals surface area contributed by atoms with Crippen LogP contribution in [0.5, 0.6) is 0 Å². The smallest absolute Gasteiger partial charge is 0.201 e. The summed E-state index contributed by atoms with van der Waals surface area (Å²) in [7, 11) is 0. The Kier molecular flexibility index (Phi) is 3.02. The number of anilines is 1. The van der Waals surface area contributed by atoms with Gasteiger partial charge >= 0.3 is 0 Å². The van der Waals surface area contributed by atoms with Crippen molar-refractivity contribution < 1.29 is 0 Å². The molecule has 1 aromatic carbocycles. The molecule has 0 aliphatic carbocycles. The Bertz CT molecular complexity index is 594. The van der Waals surface area contributed by atoms with E-state index in [1.54, 1.807) is 11.3 Å². The largest absolute Gasteiger partial charge is 0.348 e. The van der Waals surface area contributed by atoms with E-state index >= 15 is 0 Å². The summed E-state index contributed by atoms with van der Waals surface area (Å²) >= 11 is 1.78. The first kappa shape index (κ1) is 11.3. The molecule has 0 aliphatic rings. The monoisotopic (exact) mass is 257 g/mol. The molecule has 92 valence electrons. The molecule has 0 radical (unpaired) electrons. The lowest BCUT2D eigenvalue weighted by Gasteiger charge is -2.14. The van der Waals surface area contributed by atoms with Crippen molar-refractivity contribution >= 4 is 28.3 Å². The molecule has 3 nitrogen and oxygen atoms in total. The van der Waals surface area contributed by atoms with Crippen LogP contribution in [-0.2, 0) is 0 Å². The minimum atomic E-state index is 0.325. The lowest BCUT2D eigenvalue weighted by atomic mass is 10.2. The molecule has 0 bridgehead atoms. The first-order valence-corrected chi connectivity index (χ1v) is 6.99. The van der Waals surface area contributed by atoms with Gasteiger partial charge in [0.1, 0.15) is 0 Å². The van der Waals surface area contributed by atoms with E-state index in [9.17, 15) is 0 Å². The van der Waals surface area contributed by atoms with Crippen LogP contribution in [0.3, 0.4) is 0 Å². The second-order valence-electron chi connectivity index (χ2n) is 4.22. The van der Waals surface area contributed by atoms with Gasteiger partial charge in [0.15, 0.2) is 0 Å². The van der Waals surface area contributed by atoms with Gasteiger partial charge in [-0.1, -0.05) is 25.1 Å². The van der Waals surface area contributed by atoms with Crippen molar-refractivity contribution in [3.63, 3.8) is 0 Å². The molecular weight excluding hydrogens is 242 g/mol. The standard InChI is InChI=1S/C14H15N3S/c1-2-10(13-8-5-9-18-13)15-14-16-11-6-3-4-7-12(11)17-14/h3-10H,2H2,1H3,(H2,15,16,17). The lowest BCUT2D eigenvalue weighted by molar-refractivity contribution is 0.755. The summed E-state index contributed by atoms with van der Waals surface area (Å²) in [6, 6.07) is 12.6. The number of nitrogens with one attached hydrogen (secondary N) is 2. The Hall–Kier alpha value is -1.81. The highest BCUT2D eigenvalue weighted by Crippen LogP contribution is 2.25. The predicted molar refractivity (Wildman–Crippen MR) is 77.1 cm³/mol. The number of rotatable bonds is 4. The second-order valence-corrected chi connectivity index (χ2v) is 5.20. The zero-order valence-corrected chi connectivity index (χ0v) is 11.0. The fourth-order valence-corrected chi connectivity index (χ4v) is 2.91. The highest BCUT2D eigenvalue weighted by molar-refractivity contribution is 7.10. The molecule has 18 heavy (non-hydrogen) atoms. The molecular formula is C14H15N3S. The van der Waals surface area contributed by atoms with Crippen molar-refractivity contribution in [2.24, 2.45) is 0 Å². The van der Waals surface area contributed by atoms with Crippen LogP contribution in [0.1, 0.15) is 24.3 Å². The summed E-state index contributed by atoms with van der Waals surface area (Å²) in [5.41, 5.74) is 2.07. The fraction of sp³-hybridized carbons (Fsp3) is 0.214. The van der Waals surface area contributed by atoms with E-state index in [0.717, 1.165) is 23.4 Å². The minimum absolute atomic E-state index is 0.325. The number of benzene rings is 1. The first-order valence-electron chi connectivity index (χ1n) is 6.11. The van der Waals surface area contributed by atoms with E-state index in [1.807, 2.05) is 24.3 Å². The van der Waals surface area contributed by atoms with Crippen LogP contribution >= 0.6 is 11.3 Å². The molecule has 2 aromatic heterocycles. The quantitative estimate of drug-likeness (QED) is 0.736. The topological polar surface area (TPSA) is 40.7 Å². The molecule has 1 unspecified atom stereocenters. The third kappa shape index (κ3) is 2.11. The highest BCUT2D eigenvalue weighted by atomic mass is 32.1. The number of fused-ring (bicyclic) bond motifs is 1. The van der Waals surface area contributed by atoms with Crippen LogP contribution in [0.2, 0.25) is 0 Å². The van der Waals surface area contributed by atoms with Gasteiger partial charge in [-0.25, -0.2) is 4.98 Å². The van der Waals surface area contributed by atoms with E-state index < -0.39 is 0 Å². The van der Waals surface area contributed by atoms with E-state index in [2.05, 4.69) is 39.7 Å². The minimum Gasteiger partial charge on any atom is -0.348 e. The molecule has 0 aliphatic heterocycles. The fourth-order valence-electron chi connectivity index (χ4n) is 2.05. The molecule has 0 saturated carbocycles. The van der Waals surface area contributed by atoms with Crippen LogP contribution in [0.15, 0.2) is 41.8 Å². The van der Waals surface area contributed by atoms with Crippen molar-refractivity contribution in [3.05, 3.63) is 46.7 Å². The SMILES string of the molecule is CCC(Nc1nc2ccccc2[nH]1)c1cccs1. The summed E-state index contributed by atoms with van der Waals surface area (Å²) in [6.45, 7) is 2.18. The lowest BCUT2D eigenvalue weighted by Crippen LogP contribution is -2.09. The maximum absolute atomic E-state index is 4.55. The molecule has 0 saturated heterocycles. The Morgan fingerprint density at radius 3 is 2.89 bits per heavy atom. The molecule has 3 rings (SSSR count). The Morgan fingerprint density at radius 1 is 1.28 bits per heavy atom. The summed E-state index contributed by atoms with van der Waals surface area (Å²) < 4.78 is 0. The molecule has 4 heteroatoms. The molecule has 1 atom stereocenters. The number of hydrogen-bond acceptors (Lipinski definition) is 3. The molecule has 2 N–H and O–H groups in total. The third-order valence-electron chi connectivity index (χ3n) is 3.00. The van der Waals surface area contributed by atoms with E-state index in [0.29, 0.717) is 6.04 Å². The van der Waals surface area contributed by atoms with Crippen molar-refractivity contribution in [1.82, 2.24) is 9.97 Å². The first-order chi connectivity index (χ1) is 8.86. The third-order valence-corrected chi connectivity index (χ3v) is 3.98. The maximum Gasteiger partial charge on any atom is 0.201 e. The molecule has 0 amide bonds. The Balaban J connectivity index is 1.86. The Labute approximate surface area is 110 Å². The van der Waals surface area contributed by atoms with Crippen molar-refractivity contribution in [3.8, 4) is 0 Å². The Morgan fingerprint density at radius 2 is 2.17 bits per heavy atom. The normalized spacial score (nSPS) is 12.7. The highest BCUT2D eigenvalue weighted by Gasteiger charge is 2.12. The number of para-hydroxylation sites is 2. The molecule has 3 aromatic rings. The van der Waals surface area contributed by atoms with Crippen LogP contribution in [0, 0.1) is 0 Å². The zero-order valence-electron chi connectivity index (χ0n) is 10.2. The predicted octanol–water partition coefficient (Wildman–Crippen LogP) is 4.19. The van der Waals surface area contributed by atoms with Crippen LogP contribution in [0.4, 0.5) is 5.95 Å². The van der Waals surface area contributed by atoms with Crippen LogP contribution in [0.25, 0.3) is 11.0 Å². The van der Waals surface area contributed by atoms with E-state index in [-0.39, 0.29) is 0 Å². The number of thiophene rings is 1. The molecule has 0 fully saturated rings. The number of nitrogens with zero attached hydrogens (tertiary/aromatic N) is 1. The van der Waals surface area contributed by atoms with Crippen LogP contribution in [-0.4, -0.2) is 9.97 Å². The number of aromatic amines is 1. The van der Waals surface area contributed by atoms with Gasteiger partial charge in [-0.2, -0.15) is 0 Å². The molecule has 0 spiro atoms. The van der Waals surface area contributed by atoms with Gasteiger partial charge < -0.3 is 10.3 Å².